The molecule has 0 radical (unpaired) electrons. The molecule has 15 heteroatoms. The molecule has 0 aromatic heterocycles. The number of anilines is 3. The maximum atomic E-state index is 14.6. The molecule has 40 heavy (non-hydrogen) atoms. The third-order valence-electron chi connectivity index (χ3n) is 5.87. The van der Waals surface area contributed by atoms with Crippen LogP contribution in [0.4, 0.5) is 39.0 Å². The van der Waals surface area contributed by atoms with Crippen molar-refractivity contribution >= 4 is 86.9 Å². The molecule has 4 rings (SSSR count). The number of benzene rings is 3. The monoisotopic (exact) mass is 659 g/mol. The summed E-state index contributed by atoms with van der Waals surface area (Å²) < 4.78 is 66.2. The Morgan fingerprint density at radius 2 is 1.45 bits per heavy atom. The number of carbonyl (C=O) groups is 2. The number of nitrogens with one attached hydrogen (secondary N) is 3. The van der Waals surface area contributed by atoms with Crippen LogP contribution >= 0.6 is 58.0 Å². The van der Waals surface area contributed by atoms with Gasteiger partial charge in [0.25, 0.3) is 12.3 Å². The predicted molar refractivity (Wildman–Crippen MR) is 146 cm³/mol. The average molecular weight is 662 g/mol. The van der Waals surface area contributed by atoms with Crippen molar-refractivity contribution in [3.8, 4) is 0 Å². The smallest absolute Gasteiger partial charge is 0.257 e. The molecule has 1 fully saturated rings. The summed E-state index contributed by atoms with van der Waals surface area (Å²) in [7, 11) is 0. The standard InChI is InChI=1S/C25H15Cl5F5N3O2/c26-10-1-9(2-11(27)3-10)20-21(25(20,29)30)24(40)37-12-4-13(22(28)16(33)5-12)23(39)38-18-7-17(36-8-19(34)35)14(31)6-15(18)32/h1-7,19-21,36H,8H2,(H,37,40)(H,38,39)/t20-,21+/m0/s1. The number of rotatable bonds is 8. The van der Waals surface area contributed by atoms with Gasteiger partial charge in [-0.3, -0.25) is 9.59 Å². The molecule has 0 aliphatic heterocycles. The van der Waals surface area contributed by atoms with Gasteiger partial charge in [0.15, 0.2) is 0 Å². The molecule has 5 nitrogen and oxygen atoms in total. The fourth-order valence-corrected chi connectivity index (χ4v) is 5.59. The number of hydrogen-bond acceptors (Lipinski definition) is 3. The summed E-state index contributed by atoms with van der Waals surface area (Å²) in [6.45, 7) is -0.938. The molecular weight excluding hydrogens is 647 g/mol. The van der Waals surface area contributed by atoms with Gasteiger partial charge in [-0.1, -0.05) is 34.8 Å². The summed E-state index contributed by atoms with van der Waals surface area (Å²) in [5, 5.41) is 6.49. The van der Waals surface area contributed by atoms with E-state index in [9.17, 15) is 31.5 Å². The Morgan fingerprint density at radius 1 is 0.825 bits per heavy atom. The molecule has 0 saturated heterocycles. The molecule has 0 spiro atoms. The van der Waals surface area contributed by atoms with Gasteiger partial charge in [-0.05, 0) is 42.0 Å². The molecule has 3 aromatic carbocycles. The Bertz CT molecular complexity index is 1490. The lowest BCUT2D eigenvalue weighted by molar-refractivity contribution is -0.117. The minimum atomic E-state index is -2.83. The molecule has 2 amide bonds. The van der Waals surface area contributed by atoms with Crippen molar-refractivity contribution in [1.82, 2.24) is 0 Å². The number of amides is 2. The van der Waals surface area contributed by atoms with Crippen molar-refractivity contribution in [3.05, 3.63) is 86.1 Å². The molecular formula is C25H15Cl5F5N3O2. The second-order valence-corrected chi connectivity index (χ2v) is 11.4. The minimum absolute atomic E-state index is 0.213. The zero-order valence-corrected chi connectivity index (χ0v) is 23.4. The van der Waals surface area contributed by atoms with Crippen molar-refractivity contribution < 1.29 is 31.5 Å². The molecule has 1 aliphatic carbocycles. The zero-order chi connectivity index (χ0) is 29.5. The Labute approximate surface area is 248 Å². The van der Waals surface area contributed by atoms with Gasteiger partial charge in [0, 0.05) is 27.7 Å². The highest BCUT2D eigenvalue weighted by Gasteiger charge is 2.67. The third-order valence-corrected chi connectivity index (χ3v) is 7.63. The summed E-state index contributed by atoms with van der Waals surface area (Å²) in [4.78, 5) is 25.8. The van der Waals surface area contributed by atoms with Gasteiger partial charge >= 0.3 is 0 Å². The summed E-state index contributed by atoms with van der Waals surface area (Å²) >= 11 is 30.6. The lowest BCUT2D eigenvalue weighted by Crippen LogP contribution is -2.19. The molecule has 212 valence electrons. The largest absolute Gasteiger partial charge is 0.377 e. The van der Waals surface area contributed by atoms with Gasteiger partial charge in [-0.15, -0.1) is 23.2 Å². The van der Waals surface area contributed by atoms with Crippen molar-refractivity contribution in [2.45, 2.75) is 16.7 Å². The van der Waals surface area contributed by atoms with Crippen LogP contribution in [0, 0.1) is 23.4 Å². The SMILES string of the molecule is O=C(Nc1cc(NCC(F)F)c(F)cc1F)c1cc(NC(=O)[C@H]2[C@H](c3cc(Cl)cc(Cl)c3)C2(Cl)Cl)cc(F)c1Cl. The third kappa shape index (κ3) is 6.52. The molecule has 1 aliphatic rings. The number of carbonyl (C=O) groups excluding carboxylic acids is 2. The number of halogens is 10. The highest BCUT2D eigenvalue weighted by Crippen LogP contribution is 2.65. The van der Waals surface area contributed by atoms with Crippen molar-refractivity contribution in [3.63, 3.8) is 0 Å². The quantitative estimate of drug-likeness (QED) is 0.168. The second kappa shape index (κ2) is 11.8. The van der Waals surface area contributed by atoms with E-state index in [-0.39, 0.29) is 5.69 Å². The fraction of sp³-hybridized carbons (Fsp3) is 0.200. The van der Waals surface area contributed by atoms with Crippen LogP contribution in [0.15, 0.2) is 42.5 Å². The van der Waals surface area contributed by atoms with Crippen LogP contribution in [-0.4, -0.2) is 29.1 Å². The van der Waals surface area contributed by atoms with E-state index in [0.29, 0.717) is 21.7 Å². The topological polar surface area (TPSA) is 70.2 Å². The van der Waals surface area contributed by atoms with E-state index in [1.165, 1.54) is 18.2 Å². The van der Waals surface area contributed by atoms with Gasteiger partial charge in [-0.25, -0.2) is 22.0 Å². The summed E-state index contributed by atoms with van der Waals surface area (Å²) in [5.74, 6) is -7.12. The predicted octanol–water partition coefficient (Wildman–Crippen LogP) is 8.52. The van der Waals surface area contributed by atoms with Gasteiger partial charge in [0.1, 0.15) is 21.8 Å². The van der Waals surface area contributed by atoms with Crippen LogP contribution in [-0.2, 0) is 4.79 Å². The summed E-state index contributed by atoms with van der Waals surface area (Å²) in [5.41, 5.74) is -1.37. The Hall–Kier alpha value is -2.50. The van der Waals surface area contributed by atoms with E-state index >= 15 is 0 Å². The first-order valence-corrected chi connectivity index (χ1v) is 13.0. The second-order valence-electron chi connectivity index (χ2n) is 8.68. The van der Waals surface area contributed by atoms with Crippen LogP contribution in [0.3, 0.4) is 0 Å². The highest BCUT2D eigenvalue weighted by molar-refractivity contribution is 6.53. The first kappa shape index (κ1) is 30.5. The average Bonchev–Trinajstić information content (AvgIpc) is 3.43. The number of alkyl halides is 4. The Kier molecular flexibility index (Phi) is 8.97. The maximum absolute atomic E-state index is 14.6. The lowest BCUT2D eigenvalue weighted by Gasteiger charge is -2.13. The van der Waals surface area contributed by atoms with Crippen LogP contribution in [0.5, 0.6) is 0 Å². The molecule has 3 N–H and O–H groups in total. The van der Waals surface area contributed by atoms with E-state index in [2.05, 4.69) is 16.0 Å². The first-order chi connectivity index (χ1) is 18.7. The minimum Gasteiger partial charge on any atom is -0.377 e. The first-order valence-electron chi connectivity index (χ1n) is 11.1. The van der Waals surface area contributed by atoms with E-state index in [1.807, 2.05) is 0 Å². The van der Waals surface area contributed by atoms with Gasteiger partial charge in [0.05, 0.1) is 34.4 Å². The maximum Gasteiger partial charge on any atom is 0.257 e. The Morgan fingerprint density at radius 3 is 2.08 bits per heavy atom. The van der Waals surface area contributed by atoms with E-state index in [4.69, 9.17) is 58.0 Å². The molecule has 1 saturated carbocycles. The summed E-state index contributed by atoms with van der Waals surface area (Å²) in [6, 6.07) is 7.52. The van der Waals surface area contributed by atoms with Gasteiger partial charge in [0.2, 0.25) is 5.91 Å². The van der Waals surface area contributed by atoms with Gasteiger partial charge < -0.3 is 16.0 Å². The van der Waals surface area contributed by atoms with Crippen molar-refractivity contribution in [1.29, 1.82) is 0 Å². The lowest BCUT2D eigenvalue weighted by atomic mass is 10.1. The summed E-state index contributed by atoms with van der Waals surface area (Å²) in [6.07, 6.45) is -2.83. The normalized spacial score (nSPS) is 17.5. The van der Waals surface area contributed by atoms with Crippen LogP contribution in [0.25, 0.3) is 0 Å². The Balaban J connectivity index is 1.55. The van der Waals surface area contributed by atoms with E-state index in [0.717, 1.165) is 18.2 Å². The molecule has 0 bridgehead atoms. The fourth-order valence-electron chi connectivity index (χ4n) is 4.03. The van der Waals surface area contributed by atoms with Gasteiger partial charge in [-0.2, -0.15) is 0 Å². The highest BCUT2D eigenvalue weighted by atomic mass is 35.5. The van der Waals surface area contributed by atoms with Crippen LogP contribution in [0.1, 0.15) is 21.8 Å². The number of hydrogen-bond donors (Lipinski definition) is 3. The molecule has 3 aromatic rings. The van der Waals surface area contributed by atoms with Crippen LogP contribution in [0.2, 0.25) is 15.1 Å². The van der Waals surface area contributed by atoms with Crippen molar-refractivity contribution in [2.75, 3.05) is 22.5 Å². The van der Waals surface area contributed by atoms with Crippen LogP contribution < -0.4 is 16.0 Å². The van der Waals surface area contributed by atoms with Crippen molar-refractivity contribution in [2.24, 2.45) is 5.92 Å². The van der Waals surface area contributed by atoms with E-state index < -0.39 is 80.4 Å². The molecule has 0 heterocycles. The molecule has 0 unspecified atom stereocenters. The molecule has 2 atom stereocenters. The zero-order valence-electron chi connectivity index (χ0n) is 19.6. The van der Waals surface area contributed by atoms with E-state index in [1.54, 1.807) is 0 Å².